The fourth-order valence-corrected chi connectivity index (χ4v) is 2.14. The van der Waals surface area contributed by atoms with Crippen LogP contribution in [0.15, 0.2) is 60.7 Å². The zero-order valence-corrected chi connectivity index (χ0v) is 13.8. The van der Waals surface area contributed by atoms with E-state index < -0.39 is 17.9 Å². The molecule has 0 saturated heterocycles. The molecule has 2 rings (SSSR count). The van der Waals surface area contributed by atoms with Crippen molar-refractivity contribution in [2.24, 2.45) is 0 Å². The molecule has 1 N–H and O–H groups in total. The van der Waals surface area contributed by atoms with E-state index in [0.29, 0.717) is 0 Å². The summed E-state index contributed by atoms with van der Waals surface area (Å²) in [6.45, 7) is 7.28. The summed E-state index contributed by atoms with van der Waals surface area (Å²) in [4.78, 5) is 28.8. The standard InChI is InChI=1S/C19H20N2O3/c1-4-11-24-19(23)17(12-13(2)3)21-18(22)16-10-9-14-7-5-6-8-15(14)20-16/h4-10,12,17H,1,11H2,2-3H3,(H,21,22). The van der Waals surface area contributed by atoms with Crippen LogP contribution in [0.2, 0.25) is 0 Å². The molecule has 1 aromatic heterocycles. The first-order valence-electron chi connectivity index (χ1n) is 7.60. The lowest BCUT2D eigenvalue weighted by molar-refractivity contribution is -0.143. The molecule has 1 aromatic carbocycles. The van der Waals surface area contributed by atoms with Crippen LogP contribution in [-0.4, -0.2) is 29.5 Å². The van der Waals surface area contributed by atoms with Crippen molar-refractivity contribution in [3.8, 4) is 0 Å². The van der Waals surface area contributed by atoms with E-state index in [-0.39, 0.29) is 12.3 Å². The summed E-state index contributed by atoms with van der Waals surface area (Å²) >= 11 is 0. The zero-order chi connectivity index (χ0) is 17.5. The number of nitrogens with zero attached hydrogens (tertiary/aromatic N) is 1. The molecule has 0 aliphatic carbocycles. The van der Waals surface area contributed by atoms with Gasteiger partial charge in [-0.15, -0.1) is 0 Å². The second kappa shape index (κ2) is 8.06. The van der Waals surface area contributed by atoms with Crippen molar-refractivity contribution in [1.82, 2.24) is 10.3 Å². The summed E-state index contributed by atoms with van der Waals surface area (Å²) in [5.41, 5.74) is 1.86. The van der Waals surface area contributed by atoms with Crippen LogP contribution >= 0.6 is 0 Å². The highest BCUT2D eigenvalue weighted by molar-refractivity contribution is 5.97. The lowest BCUT2D eigenvalue weighted by Gasteiger charge is -2.14. The van der Waals surface area contributed by atoms with Gasteiger partial charge in [0.25, 0.3) is 5.91 Å². The van der Waals surface area contributed by atoms with Gasteiger partial charge in [-0.1, -0.05) is 48.6 Å². The molecule has 1 unspecified atom stereocenters. The summed E-state index contributed by atoms with van der Waals surface area (Å²) in [5, 5.41) is 3.60. The second-order valence-electron chi connectivity index (χ2n) is 5.50. The van der Waals surface area contributed by atoms with Gasteiger partial charge in [-0.05, 0) is 26.0 Å². The Bertz CT molecular complexity index is 792. The molecule has 5 heteroatoms. The minimum Gasteiger partial charge on any atom is -0.460 e. The fraction of sp³-hybridized carbons (Fsp3) is 0.211. The summed E-state index contributed by atoms with van der Waals surface area (Å²) in [5.74, 6) is -0.968. The van der Waals surface area contributed by atoms with Gasteiger partial charge in [0.2, 0.25) is 0 Å². The van der Waals surface area contributed by atoms with Crippen LogP contribution in [0.25, 0.3) is 10.9 Å². The Kier molecular flexibility index (Phi) is 5.84. The number of aromatic nitrogens is 1. The SMILES string of the molecule is C=CCOC(=O)C(C=C(C)C)NC(=O)c1ccc2ccccc2n1. The van der Waals surface area contributed by atoms with Gasteiger partial charge in [-0.2, -0.15) is 0 Å². The molecule has 0 aliphatic rings. The summed E-state index contributed by atoms with van der Waals surface area (Å²) in [7, 11) is 0. The lowest BCUT2D eigenvalue weighted by atomic mass is 10.1. The normalized spacial score (nSPS) is 11.4. The number of esters is 1. The molecule has 1 amide bonds. The van der Waals surface area contributed by atoms with Crippen molar-refractivity contribution >= 4 is 22.8 Å². The van der Waals surface area contributed by atoms with Gasteiger partial charge in [0, 0.05) is 5.39 Å². The van der Waals surface area contributed by atoms with Crippen molar-refractivity contribution in [2.75, 3.05) is 6.61 Å². The van der Waals surface area contributed by atoms with Crippen LogP contribution in [0.1, 0.15) is 24.3 Å². The van der Waals surface area contributed by atoms with E-state index in [9.17, 15) is 9.59 Å². The van der Waals surface area contributed by atoms with Crippen molar-refractivity contribution in [2.45, 2.75) is 19.9 Å². The van der Waals surface area contributed by atoms with E-state index in [1.54, 1.807) is 12.1 Å². The monoisotopic (exact) mass is 324 g/mol. The molecule has 5 nitrogen and oxygen atoms in total. The van der Waals surface area contributed by atoms with E-state index in [2.05, 4.69) is 16.9 Å². The van der Waals surface area contributed by atoms with Crippen LogP contribution in [0, 0.1) is 0 Å². The Hall–Kier alpha value is -2.95. The molecule has 124 valence electrons. The molecule has 0 aliphatic heterocycles. The highest BCUT2D eigenvalue weighted by atomic mass is 16.5. The quantitative estimate of drug-likeness (QED) is 0.655. The summed E-state index contributed by atoms with van der Waals surface area (Å²) < 4.78 is 5.02. The van der Waals surface area contributed by atoms with Gasteiger partial charge in [-0.25, -0.2) is 9.78 Å². The Morgan fingerprint density at radius 2 is 2.00 bits per heavy atom. The van der Waals surface area contributed by atoms with Crippen molar-refractivity contribution < 1.29 is 14.3 Å². The van der Waals surface area contributed by atoms with Crippen LogP contribution in [-0.2, 0) is 9.53 Å². The third-order valence-corrected chi connectivity index (χ3v) is 3.22. The largest absolute Gasteiger partial charge is 0.460 e. The average Bonchev–Trinajstić information content (AvgIpc) is 2.58. The number of amides is 1. The number of benzene rings is 1. The second-order valence-corrected chi connectivity index (χ2v) is 5.50. The predicted molar refractivity (Wildman–Crippen MR) is 93.6 cm³/mol. The van der Waals surface area contributed by atoms with Crippen LogP contribution in [0.4, 0.5) is 0 Å². The minimum absolute atomic E-state index is 0.0933. The van der Waals surface area contributed by atoms with Crippen LogP contribution in [0.3, 0.4) is 0 Å². The Morgan fingerprint density at radius 3 is 2.71 bits per heavy atom. The number of carbonyl (C=O) groups is 2. The molecule has 1 atom stereocenters. The highest BCUT2D eigenvalue weighted by Gasteiger charge is 2.21. The maximum Gasteiger partial charge on any atom is 0.333 e. The van der Waals surface area contributed by atoms with Crippen LogP contribution < -0.4 is 5.32 Å². The first-order chi connectivity index (χ1) is 11.5. The zero-order valence-electron chi connectivity index (χ0n) is 13.8. The van der Waals surface area contributed by atoms with Gasteiger partial charge in [0.05, 0.1) is 5.52 Å². The number of hydrogen-bond donors (Lipinski definition) is 1. The van der Waals surface area contributed by atoms with E-state index in [0.717, 1.165) is 16.5 Å². The van der Waals surface area contributed by atoms with Gasteiger partial charge >= 0.3 is 5.97 Å². The average molecular weight is 324 g/mol. The molecule has 0 radical (unpaired) electrons. The number of ether oxygens (including phenoxy) is 1. The van der Waals surface area contributed by atoms with Crippen molar-refractivity contribution in [3.63, 3.8) is 0 Å². The van der Waals surface area contributed by atoms with Gasteiger partial charge in [-0.3, -0.25) is 4.79 Å². The number of fused-ring (bicyclic) bond motifs is 1. The summed E-state index contributed by atoms with van der Waals surface area (Å²) in [6, 6.07) is 10.1. The minimum atomic E-state index is -0.865. The number of allylic oxidation sites excluding steroid dienone is 1. The molecular formula is C19H20N2O3. The number of carbonyl (C=O) groups excluding carboxylic acids is 2. The topological polar surface area (TPSA) is 68.3 Å². The maximum atomic E-state index is 12.4. The van der Waals surface area contributed by atoms with E-state index in [1.165, 1.54) is 6.08 Å². The van der Waals surface area contributed by atoms with E-state index in [1.807, 2.05) is 44.2 Å². The molecule has 24 heavy (non-hydrogen) atoms. The molecule has 1 heterocycles. The summed E-state index contributed by atoms with van der Waals surface area (Å²) in [6.07, 6.45) is 3.12. The van der Waals surface area contributed by atoms with Crippen molar-refractivity contribution in [3.05, 3.63) is 66.4 Å². The Labute approximate surface area is 141 Å². The molecule has 2 aromatic rings. The molecule has 0 saturated carbocycles. The van der Waals surface area contributed by atoms with E-state index >= 15 is 0 Å². The first-order valence-corrected chi connectivity index (χ1v) is 7.60. The number of pyridine rings is 1. The number of rotatable bonds is 6. The third-order valence-electron chi connectivity index (χ3n) is 3.22. The lowest BCUT2D eigenvalue weighted by Crippen LogP contribution is -2.41. The van der Waals surface area contributed by atoms with Gasteiger partial charge in [0.15, 0.2) is 0 Å². The molecule has 0 bridgehead atoms. The number of para-hydroxylation sites is 1. The fourth-order valence-electron chi connectivity index (χ4n) is 2.14. The number of nitrogens with one attached hydrogen (secondary N) is 1. The van der Waals surface area contributed by atoms with E-state index in [4.69, 9.17) is 4.74 Å². The maximum absolute atomic E-state index is 12.4. The predicted octanol–water partition coefficient (Wildman–Crippen LogP) is 3.03. The molecule has 0 spiro atoms. The molecule has 0 fully saturated rings. The third kappa shape index (κ3) is 4.52. The Morgan fingerprint density at radius 1 is 1.25 bits per heavy atom. The van der Waals surface area contributed by atoms with Gasteiger partial charge < -0.3 is 10.1 Å². The molecular weight excluding hydrogens is 304 g/mol. The first kappa shape index (κ1) is 17.4. The number of hydrogen-bond acceptors (Lipinski definition) is 4. The smallest absolute Gasteiger partial charge is 0.333 e. The van der Waals surface area contributed by atoms with Crippen molar-refractivity contribution in [1.29, 1.82) is 0 Å². The van der Waals surface area contributed by atoms with Crippen LogP contribution in [0.5, 0.6) is 0 Å². The highest BCUT2D eigenvalue weighted by Crippen LogP contribution is 2.12. The van der Waals surface area contributed by atoms with Gasteiger partial charge in [0.1, 0.15) is 18.3 Å². The Balaban J connectivity index is 2.20.